The minimum Gasteiger partial charge on any atom is -0.299 e. The molecule has 0 amide bonds. The summed E-state index contributed by atoms with van der Waals surface area (Å²) in [5, 5.41) is 0. The molecule has 22 heavy (non-hydrogen) atoms. The van der Waals surface area contributed by atoms with Gasteiger partial charge in [-0.1, -0.05) is 26.3 Å². The summed E-state index contributed by atoms with van der Waals surface area (Å²) in [4.78, 5) is 24.3. The number of ketones is 2. The van der Waals surface area contributed by atoms with Crippen LogP contribution in [0.1, 0.15) is 65.7 Å². The van der Waals surface area contributed by atoms with Crippen LogP contribution in [0.15, 0.2) is 11.6 Å². The lowest BCUT2D eigenvalue weighted by atomic mass is 9.45. The van der Waals surface area contributed by atoms with E-state index in [4.69, 9.17) is 0 Å². The molecule has 4 rings (SSSR count). The predicted octanol–water partition coefficient (Wildman–Crippen LogP) is 4.33. The Morgan fingerprint density at radius 3 is 2.50 bits per heavy atom. The van der Waals surface area contributed by atoms with E-state index in [1.54, 1.807) is 0 Å². The molecule has 3 saturated carbocycles. The highest BCUT2D eigenvalue weighted by atomic mass is 16.1. The molecule has 3 fully saturated rings. The van der Waals surface area contributed by atoms with Crippen molar-refractivity contribution in [2.75, 3.05) is 0 Å². The molecule has 4 aliphatic carbocycles. The first kappa shape index (κ1) is 14.7. The number of hydrogen-bond donors (Lipinski definition) is 0. The standard InChI is InChI=1S/C20H28O2/c1-12-10-13-11-14(21)6-8-19(13,2)16-7-9-20(3)15(18(12)16)4-5-17(20)22/h11-12,15-16,18H,4-10H2,1-3H3/t12-,15-,16-,18-,19-,20-/m0/s1. The minimum absolute atomic E-state index is 0.0442. The Balaban J connectivity index is 1.75. The van der Waals surface area contributed by atoms with Crippen molar-refractivity contribution in [2.45, 2.75) is 65.7 Å². The van der Waals surface area contributed by atoms with Gasteiger partial charge in [-0.2, -0.15) is 0 Å². The van der Waals surface area contributed by atoms with Crippen molar-refractivity contribution >= 4 is 11.6 Å². The van der Waals surface area contributed by atoms with Crippen LogP contribution in [-0.4, -0.2) is 11.6 Å². The fourth-order valence-electron chi connectivity index (χ4n) is 6.68. The van der Waals surface area contributed by atoms with Gasteiger partial charge < -0.3 is 0 Å². The summed E-state index contributed by atoms with van der Waals surface area (Å²) in [6, 6.07) is 0. The maximum absolute atomic E-state index is 12.5. The third-order valence-electron chi connectivity index (χ3n) is 8.02. The van der Waals surface area contributed by atoms with E-state index in [9.17, 15) is 9.59 Å². The van der Waals surface area contributed by atoms with Gasteiger partial charge in [-0.15, -0.1) is 0 Å². The first-order chi connectivity index (χ1) is 10.4. The van der Waals surface area contributed by atoms with Crippen LogP contribution in [0.4, 0.5) is 0 Å². The molecule has 0 radical (unpaired) electrons. The Hall–Kier alpha value is -0.920. The van der Waals surface area contributed by atoms with Gasteiger partial charge in [-0.25, -0.2) is 0 Å². The van der Waals surface area contributed by atoms with Crippen molar-refractivity contribution in [1.29, 1.82) is 0 Å². The van der Waals surface area contributed by atoms with Crippen molar-refractivity contribution in [2.24, 2.45) is 34.5 Å². The molecule has 0 bridgehead atoms. The van der Waals surface area contributed by atoms with Crippen LogP contribution in [0.2, 0.25) is 0 Å². The Kier molecular flexibility index (Phi) is 3.03. The van der Waals surface area contributed by atoms with Crippen LogP contribution in [-0.2, 0) is 9.59 Å². The second-order valence-electron chi connectivity index (χ2n) is 8.94. The average Bonchev–Trinajstić information content (AvgIpc) is 2.77. The van der Waals surface area contributed by atoms with Crippen molar-refractivity contribution < 1.29 is 9.59 Å². The van der Waals surface area contributed by atoms with Gasteiger partial charge in [0.2, 0.25) is 0 Å². The fraction of sp³-hybridized carbons (Fsp3) is 0.800. The molecule has 0 heterocycles. The van der Waals surface area contributed by atoms with Gasteiger partial charge in [0, 0.05) is 18.3 Å². The molecule has 0 aromatic heterocycles. The van der Waals surface area contributed by atoms with Gasteiger partial charge in [0.1, 0.15) is 5.78 Å². The number of allylic oxidation sites excluding steroid dienone is 1. The maximum atomic E-state index is 12.5. The molecule has 120 valence electrons. The Morgan fingerprint density at radius 2 is 1.73 bits per heavy atom. The largest absolute Gasteiger partial charge is 0.299 e. The van der Waals surface area contributed by atoms with Crippen molar-refractivity contribution in [3.8, 4) is 0 Å². The van der Waals surface area contributed by atoms with Gasteiger partial charge in [0.05, 0.1) is 0 Å². The zero-order valence-electron chi connectivity index (χ0n) is 14.2. The third-order valence-corrected chi connectivity index (χ3v) is 8.02. The number of fused-ring (bicyclic) bond motifs is 5. The smallest absolute Gasteiger partial charge is 0.155 e. The first-order valence-electron chi connectivity index (χ1n) is 9.13. The van der Waals surface area contributed by atoms with Crippen LogP contribution >= 0.6 is 0 Å². The Morgan fingerprint density at radius 1 is 1.00 bits per heavy atom. The SMILES string of the molecule is C[C@H]1CC2=CC(=O)CC[C@]2(C)[C@H]2CC[C@]3(C)C(=O)CC[C@H]3[C@H]12. The van der Waals surface area contributed by atoms with Crippen molar-refractivity contribution in [3.05, 3.63) is 11.6 Å². The molecule has 0 aromatic carbocycles. The molecule has 0 saturated heterocycles. The van der Waals surface area contributed by atoms with Crippen molar-refractivity contribution in [3.63, 3.8) is 0 Å². The molecular formula is C20H28O2. The molecule has 4 aliphatic rings. The molecule has 0 aromatic rings. The van der Waals surface area contributed by atoms with Gasteiger partial charge in [-0.05, 0) is 67.3 Å². The summed E-state index contributed by atoms with van der Waals surface area (Å²) in [6.07, 6.45) is 8.95. The van der Waals surface area contributed by atoms with Gasteiger partial charge in [-0.3, -0.25) is 9.59 Å². The summed E-state index contributed by atoms with van der Waals surface area (Å²) < 4.78 is 0. The summed E-state index contributed by atoms with van der Waals surface area (Å²) in [7, 11) is 0. The van der Waals surface area contributed by atoms with E-state index in [2.05, 4.69) is 20.8 Å². The molecule has 2 nitrogen and oxygen atoms in total. The van der Waals surface area contributed by atoms with E-state index < -0.39 is 0 Å². The van der Waals surface area contributed by atoms with E-state index in [1.165, 1.54) is 12.0 Å². The molecule has 0 N–H and O–H groups in total. The van der Waals surface area contributed by atoms with E-state index in [0.717, 1.165) is 38.5 Å². The highest BCUT2D eigenvalue weighted by Gasteiger charge is 2.60. The average molecular weight is 300 g/mol. The molecule has 0 unspecified atom stereocenters. The van der Waals surface area contributed by atoms with Gasteiger partial charge >= 0.3 is 0 Å². The number of Topliss-reactive ketones (excluding diaryl/α,β-unsaturated/α-hetero) is 1. The highest BCUT2D eigenvalue weighted by molar-refractivity contribution is 5.91. The van der Waals surface area contributed by atoms with Crippen LogP contribution in [0.25, 0.3) is 0 Å². The van der Waals surface area contributed by atoms with E-state index in [0.29, 0.717) is 35.2 Å². The molecular weight excluding hydrogens is 272 g/mol. The van der Waals surface area contributed by atoms with Crippen LogP contribution in [0.5, 0.6) is 0 Å². The second kappa shape index (κ2) is 4.55. The lowest BCUT2D eigenvalue weighted by Crippen LogP contribution is -2.53. The number of carbonyl (C=O) groups excluding carboxylic acids is 2. The monoisotopic (exact) mass is 300 g/mol. The summed E-state index contributed by atoms with van der Waals surface area (Å²) >= 11 is 0. The quantitative estimate of drug-likeness (QED) is 0.667. The third kappa shape index (κ3) is 1.73. The minimum atomic E-state index is -0.0442. The molecule has 2 heteroatoms. The molecule has 0 spiro atoms. The van der Waals surface area contributed by atoms with Crippen LogP contribution in [0, 0.1) is 34.5 Å². The number of hydrogen-bond acceptors (Lipinski definition) is 2. The van der Waals surface area contributed by atoms with E-state index >= 15 is 0 Å². The van der Waals surface area contributed by atoms with Gasteiger partial charge in [0.15, 0.2) is 5.78 Å². The fourth-order valence-corrected chi connectivity index (χ4v) is 6.68. The normalized spacial score (nSPS) is 51.0. The first-order valence-corrected chi connectivity index (χ1v) is 9.13. The Bertz CT molecular complexity index is 574. The lowest BCUT2D eigenvalue weighted by molar-refractivity contribution is -0.134. The van der Waals surface area contributed by atoms with E-state index in [1.807, 2.05) is 6.08 Å². The lowest BCUT2D eigenvalue weighted by Gasteiger charge is -2.59. The van der Waals surface area contributed by atoms with Crippen molar-refractivity contribution in [1.82, 2.24) is 0 Å². The maximum Gasteiger partial charge on any atom is 0.155 e. The Labute approximate surface area is 133 Å². The van der Waals surface area contributed by atoms with Gasteiger partial charge in [0.25, 0.3) is 0 Å². The second-order valence-corrected chi connectivity index (χ2v) is 8.94. The zero-order valence-corrected chi connectivity index (χ0v) is 14.2. The zero-order chi connectivity index (χ0) is 15.7. The summed E-state index contributed by atoms with van der Waals surface area (Å²) in [6.45, 7) is 7.02. The number of carbonyl (C=O) groups is 2. The van der Waals surface area contributed by atoms with Crippen LogP contribution in [0.3, 0.4) is 0 Å². The summed E-state index contributed by atoms with van der Waals surface area (Å²) in [5.41, 5.74) is 1.60. The van der Waals surface area contributed by atoms with E-state index in [-0.39, 0.29) is 10.8 Å². The number of rotatable bonds is 0. The molecule has 6 atom stereocenters. The highest BCUT2D eigenvalue weighted by Crippen LogP contribution is 2.65. The molecule has 0 aliphatic heterocycles. The van der Waals surface area contributed by atoms with Crippen LogP contribution < -0.4 is 0 Å². The summed E-state index contributed by atoms with van der Waals surface area (Å²) in [5.74, 6) is 3.42. The predicted molar refractivity (Wildman–Crippen MR) is 86.3 cm³/mol. The topological polar surface area (TPSA) is 34.1 Å².